The second kappa shape index (κ2) is 7.84. The summed E-state index contributed by atoms with van der Waals surface area (Å²) in [7, 11) is -2.35. The number of hydrogen-bond donors (Lipinski definition) is 1. The molecule has 0 bridgehead atoms. The van der Waals surface area contributed by atoms with Gasteiger partial charge in [0, 0.05) is 29.4 Å². The van der Waals surface area contributed by atoms with Gasteiger partial charge in [-0.15, -0.1) is 0 Å². The van der Waals surface area contributed by atoms with E-state index in [-0.39, 0.29) is 34.2 Å². The summed E-state index contributed by atoms with van der Waals surface area (Å²) >= 11 is 7.16. The molecule has 2 aromatic carbocycles. The molecule has 0 saturated heterocycles. The van der Waals surface area contributed by atoms with Crippen molar-refractivity contribution in [3.8, 4) is 22.8 Å². The van der Waals surface area contributed by atoms with E-state index in [4.69, 9.17) is 21.1 Å². The lowest BCUT2D eigenvalue weighted by molar-refractivity contribution is -0.113. The third kappa shape index (κ3) is 3.61. The molecule has 164 valence electrons. The molecule has 0 fully saturated rings. The van der Waals surface area contributed by atoms with E-state index < -0.39 is 10.0 Å². The number of carbonyl (C=O) groups excluding carboxylic acids is 1. The Morgan fingerprint density at radius 3 is 2.88 bits per heavy atom. The molecule has 1 aromatic heterocycles. The van der Waals surface area contributed by atoms with Crippen LogP contribution in [0.1, 0.15) is 0 Å². The lowest BCUT2D eigenvalue weighted by atomic mass is 10.1. The normalized spacial score (nSPS) is 15.1. The Morgan fingerprint density at radius 2 is 2.03 bits per heavy atom. The number of carbonyl (C=O) groups is 1. The number of aromatic nitrogens is 2. The van der Waals surface area contributed by atoms with Gasteiger partial charge in [0.05, 0.1) is 23.3 Å². The molecular formula is C20H15ClN4O5S2. The Kier molecular flexibility index (Phi) is 5.11. The molecule has 0 saturated carbocycles. The Labute approximate surface area is 192 Å². The van der Waals surface area contributed by atoms with Crippen molar-refractivity contribution in [2.24, 2.45) is 0 Å². The molecule has 9 nitrogen and oxygen atoms in total. The summed E-state index contributed by atoms with van der Waals surface area (Å²) in [4.78, 5) is 21.0. The minimum absolute atomic E-state index is 0.00369. The van der Waals surface area contributed by atoms with Crippen molar-refractivity contribution in [2.75, 3.05) is 29.2 Å². The summed E-state index contributed by atoms with van der Waals surface area (Å²) < 4.78 is 37.4. The number of anilines is 2. The summed E-state index contributed by atoms with van der Waals surface area (Å²) in [5.41, 5.74) is 1.91. The van der Waals surface area contributed by atoms with Crippen LogP contribution in [0.15, 0.2) is 52.6 Å². The molecule has 2 aliphatic rings. The number of nitrogens with zero attached hydrogens (tertiary/aromatic N) is 3. The molecular weight excluding hydrogens is 476 g/mol. The maximum absolute atomic E-state index is 12.9. The third-order valence-electron chi connectivity index (χ3n) is 4.91. The zero-order valence-electron chi connectivity index (χ0n) is 16.5. The fraction of sp³-hybridized carbons (Fsp3) is 0.150. The molecule has 32 heavy (non-hydrogen) atoms. The largest absolute Gasteiger partial charge is 0.454 e. The first kappa shape index (κ1) is 20.9. The minimum Gasteiger partial charge on any atom is -0.454 e. The van der Waals surface area contributed by atoms with Crippen LogP contribution < -0.4 is 19.1 Å². The molecule has 2 aliphatic heterocycles. The van der Waals surface area contributed by atoms with Crippen LogP contribution in [0, 0.1) is 0 Å². The van der Waals surface area contributed by atoms with Crippen molar-refractivity contribution in [2.45, 2.75) is 10.1 Å². The summed E-state index contributed by atoms with van der Waals surface area (Å²) in [6, 6.07) is 10.1. The Bertz CT molecular complexity index is 1370. The van der Waals surface area contributed by atoms with Gasteiger partial charge < -0.3 is 14.8 Å². The van der Waals surface area contributed by atoms with Crippen molar-refractivity contribution in [3.05, 3.63) is 47.6 Å². The highest BCUT2D eigenvalue weighted by Crippen LogP contribution is 2.42. The SMILES string of the molecule is CN1c2cc(Cl)ccc2-c2nc(SCC(=O)Nc3ccc4c(c3)OCO4)ncc2S1(=O)=O. The number of sulfonamides is 1. The van der Waals surface area contributed by atoms with Crippen LogP contribution in [-0.4, -0.2) is 43.9 Å². The van der Waals surface area contributed by atoms with E-state index >= 15 is 0 Å². The van der Waals surface area contributed by atoms with Crippen LogP contribution in [-0.2, 0) is 14.8 Å². The predicted molar refractivity (Wildman–Crippen MR) is 120 cm³/mol. The standard InChI is InChI=1S/C20H15ClN4O5S2/c1-25-14-6-11(21)2-4-13(14)19-17(32(25,27)28)8-22-20(24-19)31-9-18(26)23-12-3-5-15-16(7-12)30-10-29-15/h2-8H,9-10H2,1H3,(H,23,26). The maximum atomic E-state index is 12.9. The molecule has 12 heteroatoms. The molecule has 3 aromatic rings. The van der Waals surface area contributed by atoms with E-state index in [0.717, 1.165) is 16.1 Å². The van der Waals surface area contributed by atoms with Gasteiger partial charge in [-0.05, 0) is 30.3 Å². The fourth-order valence-corrected chi connectivity index (χ4v) is 5.42. The minimum atomic E-state index is -3.81. The zero-order chi connectivity index (χ0) is 22.5. The second-order valence-electron chi connectivity index (χ2n) is 6.90. The molecule has 0 radical (unpaired) electrons. The number of rotatable bonds is 4. The van der Waals surface area contributed by atoms with Crippen LogP contribution in [0.2, 0.25) is 5.02 Å². The van der Waals surface area contributed by atoms with Crippen LogP contribution in [0.4, 0.5) is 11.4 Å². The number of fused-ring (bicyclic) bond motifs is 4. The van der Waals surface area contributed by atoms with Crippen molar-refractivity contribution in [1.29, 1.82) is 0 Å². The van der Waals surface area contributed by atoms with Gasteiger partial charge in [0.15, 0.2) is 16.7 Å². The molecule has 0 atom stereocenters. The van der Waals surface area contributed by atoms with E-state index in [0.29, 0.717) is 33.5 Å². The highest BCUT2D eigenvalue weighted by Gasteiger charge is 2.34. The smallest absolute Gasteiger partial charge is 0.267 e. The van der Waals surface area contributed by atoms with Gasteiger partial charge in [-0.1, -0.05) is 23.4 Å². The van der Waals surface area contributed by atoms with Gasteiger partial charge in [0.2, 0.25) is 12.7 Å². The molecule has 3 heterocycles. The first-order chi connectivity index (χ1) is 15.3. The number of amides is 1. The first-order valence-corrected chi connectivity index (χ1v) is 12.1. The van der Waals surface area contributed by atoms with Crippen LogP contribution in [0.25, 0.3) is 11.3 Å². The van der Waals surface area contributed by atoms with Crippen molar-refractivity contribution in [1.82, 2.24) is 9.97 Å². The monoisotopic (exact) mass is 490 g/mol. The number of nitrogens with one attached hydrogen (secondary N) is 1. The molecule has 1 amide bonds. The van der Waals surface area contributed by atoms with Crippen LogP contribution in [0.5, 0.6) is 11.5 Å². The van der Waals surface area contributed by atoms with E-state index in [1.165, 1.54) is 13.2 Å². The third-order valence-corrected chi connectivity index (χ3v) is 7.78. The van der Waals surface area contributed by atoms with Crippen LogP contribution in [0.3, 0.4) is 0 Å². The van der Waals surface area contributed by atoms with Crippen molar-refractivity contribution in [3.63, 3.8) is 0 Å². The summed E-state index contributed by atoms with van der Waals surface area (Å²) in [5, 5.41) is 3.47. The van der Waals surface area contributed by atoms with Gasteiger partial charge in [-0.2, -0.15) is 0 Å². The fourth-order valence-electron chi connectivity index (χ4n) is 3.35. The van der Waals surface area contributed by atoms with E-state index in [1.54, 1.807) is 36.4 Å². The molecule has 0 unspecified atom stereocenters. The van der Waals surface area contributed by atoms with Crippen molar-refractivity contribution < 1.29 is 22.7 Å². The van der Waals surface area contributed by atoms with Gasteiger partial charge >= 0.3 is 0 Å². The lowest BCUT2D eigenvalue weighted by Crippen LogP contribution is -2.31. The number of hydrogen-bond acceptors (Lipinski definition) is 8. The Morgan fingerprint density at radius 1 is 1.22 bits per heavy atom. The van der Waals surface area contributed by atoms with Crippen molar-refractivity contribution >= 4 is 50.7 Å². The topological polar surface area (TPSA) is 111 Å². The summed E-state index contributed by atoms with van der Waals surface area (Å²) in [6.45, 7) is 0.152. The van der Waals surface area contributed by atoms with Gasteiger partial charge in [0.1, 0.15) is 4.90 Å². The van der Waals surface area contributed by atoms with Gasteiger partial charge in [-0.3, -0.25) is 9.10 Å². The Hall–Kier alpha value is -3.02. The zero-order valence-corrected chi connectivity index (χ0v) is 18.9. The Balaban J connectivity index is 1.36. The van der Waals surface area contributed by atoms with Crippen LogP contribution >= 0.6 is 23.4 Å². The first-order valence-electron chi connectivity index (χ1n) is 9.31. The molecule has 5 rings (SSSR count). The number of ether oxygens (including phenoxy) is 2. The predicted octanol–water partition coefficient (Wildman–Crippen LogP) is 3.40. The van der Waals surface area contributed by atoms with Gasteiger partial charge in [-0.25, -0.2) is 18.4 Å². The highest BCUT2D eigenvalue weighted by atomic mass is 35.5. The van der Waals surface area contributed by atoms with E-state index in [9.17, 15) is 13.2 Å². The molecule has 0 aliphatic carbocycles. The highest BCUT2D eigenvalue weighted by molar-refractivity contribution is 7.99. The summed E-state index contributed by atoms with van der Waals surface area (Å²) in [5.74, 6) is 0.961. The maximum Gasteiger partial charge on any atom is 0.267 e. The molecule has 1 N–H and O–H groups in total. The number of halogens is 1. The quantitative estimate of drug-likeness (QED) is 0.437. The van der Waals surface area contributed by atoms with E-state index in [2.05, 4.69) is 15.3 Å². The van der Waals surface area contributed by atoms with E-state index in [1.807, 2.05) is 0 Å². The number of benzene rings is 2. The molecule has 0 spiro atoms. The second-order valence-corrected chi connectivity index (χ2v) is 10.2. The lowest BCUT2D eigenvalue weighted by Gasteiger charge is -2.28. The van der Waals surface area contributed by atoms with Gasteiger partial charge in [0.25, 0.3) is 10.0 Å². The average Bonchev–Trinajstić information content (AvgIpc) is 3.24. The summed E-state index contributed by atoms with van der Waals surface area (Å²) in [6.07, 6.45) is 1.27. The number of thioether (sulfide) groups is 1. The average molecular weight is 491 g/mol.